The maximum atomic E-state index is 11.7. The van der Waals surface area contributed by atoms with E-state index in [-0.39, 0.29) is 12.3 Å². The maximum absolute atomic E-state index is 11.7. The number of primary sulfonamides is 1. The van der Waals surface area contributed by atoms with Crippen LogP contribution in [0.4, 0.5) is 0 Å². The first-order chi connectivity index (χ1) is 8.21. The van der Waals surface area contributed by atoms with Crippen LogP contribution in [-0.4, -0.2) is 28.6 Å². The van der Waals surface area contributed by atoms with Gasteiger partial charge in [0.25, 0.3) is 0 Å². The molecule has 0 aliphatic carbocycles. The van der Waals surface area contributed by atoms with Crippen molar-refractivity contribution in [3.63, 3.8) is 0 Å². The smallest absolute Gasteiger partial charge is 0.215 e. The summed E-state index contributed by atoms with van der Waals surface area (Å²) in [5.74, 6) is -0.189. The minimum atomic E-state index is -3.73. The maximum Gasteiger partial charge on any atom is 0.215 e. The third-order valence-corrected chi connectivity index (χ3v) is 4.96. The minimum Gasteiger partial charge on any atom is -0.228 e. The molecule has 0 aromatic heterocycles. The van der Waals surface area contributed by atoms with E-state index in [4.69, 9.17) is 5.14 Å². The van der Waals surface area contributed by atoms with Gasteiger partial charge in [-0.15, -0.1) is 0 Å². The predicted octanol–water partition coefficient (Wildman–Crippen LogP) is -0.217. The Bertz CT molecular complexity index is 582. The number of sulfonamides is 2. The lowest BCUT2D eigenvalue weighted by molar-refractivity contribution is 0.570. The quantitative estimate of drug-likeness (QED) is 0.756. The third-order valence-electron chi connectivity index (χ3n) is 2.35. The van der Waals surface area contributed by atoms with Crippen LogP contribution in [0.25, 0.3) is 0 Å². The molecule has 1 atom stereocenters. The van der Waals surface area contributed by atoms with Gasteiger partial charge in [-0.05, 0) is 12.5 Å². The summed E-state index contributed by atoms with van der Waals surface area (Å²) in [6.45, 7) is 1.12. The van der Waals surface area contributed by atoms with Gasteiger partial charge in [-0.3, -0.25) is 0 Å². The lowest BCUT2D eigenvalue weighted by Crippen LogP contribution is -2.38. The summed E-state index contributed by atoms with van der Waals surface area (Å²) in [6.07, 6.45) is 0. The molecule has 0 unspecified atom stereocenters. The zero-order valence-corrected chi connectivity index (χ0v) is 11.5. The SMILES string of the molecule is C[C@H](CNS(=O)(=O)Cc1ccccc1)S(N)(=O)=O. The summed E-state index contributed by atoms with van der Waals surface area (Å²) in [6, 6.07) is 8.62. The number of nitrogens with two attached hydrogens (primary N) is 1. The number of nitrogens with one attached hydrogen (secondary N) is 1. The van der Waals surface area contributed by atoms with Crippen molar-refractivity contribution < 1.29 is 16.8 Å². The molecule has 0 heterocycles. The van der Waals surface area contributed by atoms with Gasteiger partial charge in [0, 0.05) is 6.54 Å². The Morgan fingerprint density at radius 3 is 2.22 bits per heavy atom. The average molecular weight is 292 g/mol. The lowest BCUT2D eigenvalue weighted by atomic mass is 10.2. The number of benzene rings is 1. The largest absolute Gasteiger partial charge is 0.228 e. The number of rotatable bonds is 6. The van der Waals surface area contributed by atoms with Crippen LogP contribution < -0.4 is 9.86 Å². The fraction of sp³-hybridized carbons (Fsp3) is 0.400. The molecule has 0 saturated heterocycles. The molecule has 102 valence electrons. The Labute approximate surface area is 107 Å². The second-order valence-corrected chi connectivity index (χ2v) is 7.78. The van der Waals surface area contributed by atoms with Gasteiger partial charge in [0.1, 0.15) is 0 Å². The topological polar surface area (TPSA) is 106 Å². The van der Waals surface area contributed by atoms with E-state index in [0.29, 0.717) is 5.56 Å². The number of hydrogen-bond acceptors (Lipinski definition) is 4. The molecule has 0 spiro atoms. The van der Waals surface area contributed by atoms with Crippen molar-refractivity contribution in [1.82, 2.24) is 4.72 Å². The van der Waals surface area contributed by atoms with Gasteiger partial charge < -0.3 is 0 Å². The van der Waals surface area contributed by atoms with Crippen molar-refractivity contribution in [2.24, 2.45) is 5.14 Å². The zero-order valence-electron chi connectivity index (χ0n) is 9.91. The fourth-order valence-corrected chi connectivity index (χ4v) is 2.86. The van der Waals surface area contributed by atoms with E-state index in [1.54, 1.807) is 30.3 Å². The highest BCUT2D eigenvalue weighted by Gasteiger charge is 2.19. The Hall–Kier alpha value is -0.960. The molecule has 1 rings (SSSR count). The molecule has 1 aromatic carbocycles. The lowest BCUT2D eigenvalue weighted by Gasteiger charge is -2.11. The van der Waals surface area contributed by atoms with Crippen molar-refractivity contribution in [3.05, 3.63) is 35.9 Å². The van der Waals surface area contributed by atoms with Crippen LogP contribution in [0, 0.1) is 0 Å². The van der Waals surface area contributed by atoms with Crippen molar-refractivity contribution in [1.29, 1.82) is 0 Å². The van der Waals surface area contributed by atoms with Gasteiger partial charge in [0.15, 0.2) is 0 Å². The van der Waals surface area contributed by atoms with Crippen molar-refractivity contribution in [2.75, 3.05) is 6.54 Å². The standard InChI is InChI=1S/C10H16N2O4S2/c1-9(18(11,15)16)7-12-17(13,14)8-10-5-3-2-4-6-10/h2-6,9,12H,7-8H2,1H3,(H2,11,15,16)/t9-/m1/s1. The molecule has 0 aliphatic heterocycles. The molecule has 0 aliphatic rings. The highest BCUT2D eigenvalue weighted by Crippen LogP contribution is 2.04. The average Bonchev–Trinajstić information content (AvgIpc) is 2.25. The van der Waals surface area contributed by atoms with Gasteiger partial charge in [0.05, 0.1) is 11.0 Å². The molecule has 18 heavy (non-hydrogen) atoms. The zero-order chi connectivity index (χ0) is 13.8. The van der Waals surface area contributed by atoms with Crippen LogP contribution in [-0.2, 0) is 25.8 Å². The van der Waals surface area contributed by atoms with E-state index in [1.807, 2.05) is 0 Å². The van der Waals surface area contributed by atoms with Gasteiger partial charge in [-0.2, -0.15) is 0 Å². The third kappa shape index (κ3) is 5.13. The van der Waals surface area contributed by atoms with Crippen LogP contribution in [0.1, 0.15) is 12.5 Å². The summed E-state index contributed by atoms with van der Waals surface area (Å²) >= 11 is 0. The first kappa shape index (κ1) is 15.1. The molecular weight excluding hydrogens is 276 g/mol. The van der Waals surface area contributed by atoms with E-state index in [9.17, 15) is 16.8 Å². The summed E-state index contributed by atoms with van der Waals surface area (Å²) < 4.78 is 47.5. The molecule has 8 heteroatoms. The van der Waals surface area contributed by atoms with Crippen LogP contribution in [0.3, 0.4) is 0 Å². The summed E-state index contributed by atoms with van der Waals surface area (Å²) in [5, 5.41) is 3.94. The van der Waals surface area contributed by atoms with Gasteiger partial charge >= 0.3 is 0 Å². The molecular formula is C10H16N2O4S2. The Morgan fingerprint density at radius 1 is 1.17 bits per heavy atom. The molecule has 0 fully saturated rings. The first-order valence-electron chi connectivity index (χ1n) is 5.23. The molecule has 0 saturated carbocycles. The van der Waals surface area contributed by atoms with Gasteiger partial charge in [-0.25, -0.2) is 26.7 Å². The molecule has 0 bridgehead atoms. The van der Waals surface area contributed by atoms with Crippen LogP contribution in [0.2, 0.25) is 0 Å². The van der Waals surface area contributed by atoms with Crippen molar-refractivity contribution in [3.8, 4) is 0 Å². The molecule has 0 radical (unpaired) electrons. The second-order valence-electron chi connectivity index (χ2n) is 3.99. The second kappa shape index (κ2) is 5.79. The van der Waals surface area contributed by atoms with Crippen LogP contribution in [0.15, 0.2) is 30.3 Å². The summed E-state index contributed by atoms with van der Waals surface area (Å²) in [5.41, 5.74) is 0.633. The highest BCUT2D eigenvalue weighted by atomic mass is 32.2. The Morgan fingerprint density at radius 2 is 1.72 bits per heavy atom. The van der Waals surface area contributed by atoms with E-state index in [2.05, 4.69) is 4.72 Å². The Kier molecular flexibility index (Phi) is 4.85. The molecule has 1 aromatic rings. The van der Waals surface area contributed by atoms with E-state index < -0.39 is 25.3 Å². The highest BCUT2D eigenvalue weighted by molar-refractivity contribution is 7.90. The molecule has 3 N–H and O–H groups in total. The fourth-order valence-electron chi connectivity index (χ4n) is 1.21. The summed E-state index contributed by atoms with van der Waals surface area (Å²) in [4.78, 5) is 0. The Balaban J connectivity index is 2.62. The van der Waals surface area contributed by atoms with Gasteiger partial charge in [0.2, 0.25) is 20.0 Å². The number of hydrogen-bond donors (Lipinski definition) is 2. The normalized spacial score (nSPS) is 14.3. The molecule has 0 amide bonds. The van der Waals surface area contributed by atoms with Crippen molar-refractivity contribution in [2.45, 2.75) is 17.9 Å². The first-order valence-corrected chi connectivity index (χ1v) is 8.50. The monoisotopic (exact) mass is 292 g/mol. The van der Waals surface area contributed by atoms with E-state index >= 15 is 0 Å². The van der Waals surface area contributed by atoms with Gasteiger partial charge in [-0.1, -0.05) is 30.3 Å². The van der Waals surface area contributed by atoms with Crippen LogP contribution in [0.5, 0.6) is 0 Å². The predicted molar refractivity (Wildman–Crippen MR) is 69.6 cm³/mol. The van der Waals surface area contributed by atoms with Crippen LogP contribution >= 0.6 is 0 Å². The minimum absolute atomic E-state index is 0.189. The molecule has 6 nitrogen and oxygen atoms in total. The van der Waals surface area contributed by atoms with Crippen molar-refractivity contribution >= 4 is 20.0 Å². The van der Waals surface area contributed by atoms with E-state index in [1.165, 1.54) is 6.92 Å². The summed E-state index contributed by atoms with van der Waals surface area (Å²) in [7, 11) is -7.29. The van der Waals surface area contributed by atoms with E-state index in [0.717, 1.165) is 0 Å².